The third-order valence-corrected chi connectivity index (χ3v) is 4.62. The highest BCUT2D eigenvalue weighted by Crippen LogP contribution is 2.33. The Morgan fingerprint density at radius 3 is 2.58 bits per heavy atom. The van der Waals surface area contributed by atoms with Gasteiger partial charge in [-0.1, -0.05) is 41.1 Å². The topological polar surface area (TPSA) is 59.2 Å². The van der Waals surface area contributed by atoms with E-state index < -0.39 is 5.82 Å². The molecule has 1 amide bonds. The zero-order valence-electron chi connectivity index (χ0n) is 14.6. The Balaban J connectivity index is 1.56. The number of aryl methyl sites for hydroxylation is 2. The summed E-state index contributed by atoms with van der Waals surface area (Å²) in [5, 5.41) is 4.02. The molecule has 1 fully saturated rings. The van der Waals surface area contributed by atoms with Crippen LogP contribution in [0.4, 0.5) is 10.1 Å². The molecule has 0 bridgehead atoms. The van der Waals surface area contributed by atoms with Gasteiger partial charge in [-0.2, -0.15) is 4.98 Å². The van der Waals surface area contributed by atoms with Crippen molar-refractivity contribution >= 4 is 11.6 Å². The number of hydrogen-bond acceptors (Lipinski definition) is 4. The van der Waals surface area contributed by atoms with Crippen LogP contribution in [0.15, 0.2) is 47.0 Å². The second kappa shape index (κ2) is 6.37. The predicted molar refractivity (Wildman–Crippen MR) is 95.3 cm³/mol. The van der Waals surface area contributed by atoms with Crippen molar-refractivity contribution in [2.75, 3.05) is 11.4 Å². The summed E-state index contributed by atoms with van der Waals surface area (Å²) in [5.41, 5.74) is 3.11. The number of carbonyl (C=O) groups is 1. The summed E-state index contributed by atoms with van der Waals surface area (Å²) in [6.07, 6.45) is 0.225. The number of aromatic nitrogens is 2. The number of carbonyl (C=O) groups excluding carboxylic acids is 1. The molecule has 1 saturated heterocycles. The molecular weight excluding hydrogens is 333 g/mol. The van der Waals surface area contributed by atoms with Gasteiger partial charge in [0, 0.05) is 18.5 Å². The predicted octanol–water partition coefficient (Wildman–Crippen LogP) is 4.01. The molecule has 1 aromatic heterocycles. The van der Waals surface area contributed by atoms with Crippen molar-refractivity contribution in [3.63, 3.8) is 0 Å². The molecule has 0 saturated carbocycles. The minimum absolute atomic E-state index is 0.146. The summed E-state index contributed by atoms with van der Waals surface area (Å²) in [6, 6.07) is 12.7. The Kier molecular flexibility index (Phi) is 4.03. The van der Waals surface area contributed by atoms with Crippen molar-refractivity contribution < 1.29 is 13.7 Å². The van der Waals surface area contributed by atoms with Crippen LogP contribution in [0.25, 0.3) is 11.4 Å². The number of rotatable bonds is 3. The minimum Gasteiger partial charge on any atom is -0.339 e. The average molecular weight is 351 g/mol. The van der Waals surface area contributed by atoms with E-state index in [9.17, 15) is 9.18 Å². The van der Waals surface area contributed by atoms with Gasteiger partial charge in [0.25, 0.3) is 0 Å². The van der Waals surface area contributed by atoms with Crippen LogP contribution < -0.4 is 4.90 Å². The van der Waals surface area contributed by atoms with Gasteiger partial charge in [0.1, 0.15) is 5.82 Å². The van der Waals surface area contributed by atoms with E-state index in [1.165, 1.54) is 11.0 Å². The smallest absolute Gasteiger partial charge is 0.232 e. The summed E-state index contributed by atoms with van der Waals surface area (Å²) in [7, 11) is 0. The van der Waals surface area contributed by atoms with Crippen LogP contribution in [0.2, 0.25) is 0 Å². The van der Waals surface area contributed by atoms with E-state index in [-0.39, 0.29) is 18.2 Å². The molecular formula is C20H18FN3O2. The third-order valence-electron chi connectivity index (χ3n) is 4.62. The number of benzene rings is 2. The molecule has 0 radical (unpaired) electrons. The SMILES string of the molecule is Cc1ccc(-c2noc(C3CC(=O)N(c4ccc(C)cc4F)C3)n2)cc1. The number of amides is 1. The Bertz CT molecular complexity index is 965. The van der Waals surface area contributed by atoms with E-state index >= 15 is 0 Å². The maximum atomic E-state index is 14.2. The lowest BCUT2D eigenvalue weighted by Gasteiger charge is -2.17. The first kappa shape index (κ1) is 16.4. The first-order chi connectivity index (χ1) is 12.5. The van der Waals surface area contributed by atoms with Crippen molar-refractivity contribution in [2.24, 2.45) is 0 Å². The zero-order chi connectivity index (χ0) is 18.3. The standard InChI is InChI=1S/C20H18FN3O2/c1-12-3-6-14(7-4-12)19-22-20(26-23-19)15-10-18(25)24(11-15)17-8-5-13(2)9-16(17)21/h3-9,15H,10-11H2,1-2H3. The van der Waals surface area contributed by atoms with Crippen LogP contribution in [0, 0.1) is 19.7 Å². The summed E-state index contributed by atoms with van der Waals surface area (Å²) < 4.78 is 19.6. The number of anilines is 1. The molecule has 4 rings (SSSR count). The quantitative estimate of drug-likeness (QED) is 0.715. The van der Waals surface area contributed by atoms with E-state index in [4.69, 9.17) is 4.52 Å². The van der Waals surface area contributed by atoms with Crippen molar-refractivity contribution in [1.29, 1.82) is 0 Å². The molecule has 1 atom stereocenters. The van der Waals surface area contributed by atoms with Gasteiger partial charge in [-0.3, -0.25) is 4.79 Å². The lowest BCUT2D eigenvalue weighted by atomic mass is 10.1. The molecule has 0 spiro atoms. The van der Waals surface area contributed by atoms with Gasteiger partial charge in [-0.05, 0) is 31.5 Å². The first-order valence-corrected chi connectivity index (χ1v) is 8.48. The Morgan fingerprint density at radius 2 is 1.85 bits per heavy atom. The van der Waals surface area contributed by atoms with Gasteiger partial charge in [-0.15, -0.1) is 0 Å². The average Bonchev–Trinajstić information content (AvgIpc) is 3.23. The molecule has 132 valence electrons. The minimum atomic E-state index is -0.398. The fraction of sp³-hybridized carbons (Fsp3) is 0.250. The molecule has 5 nitrogen and oxygen atoms in total. The van der Waals surface area contributed by atoms with E-state index in [1.807, 2.05) is 38.1 Å². The monoisotopic (exact) mass is 351 g/mol. The molecule has 2 heterocycles. The lowest BCUT2D eigenvalue weighted by Crippen LogP contribution is -2.25. The molecule has 1 aliphatic heterocycles. The normalized spacial score (nSPS) is 17.1. The summed E-state index contributed by atoms with van der Waals surface area (Å²) in [5.74, 6) is 0.115. The Morgan fingerprint density at radius 1 is 1.12 bits per heavy atom. The van der Waals surface area contributed by atoms with Gasteiger partial charge >= 0.3 is 0 Å². The van der Waals surface area contributed by atoms with Crippen LogP contribution in [-0.2, 0) is 4.79 Å². The van der Waals surface area contributed by atoms with E-state index in [1.54, 1.807) is 12.1 Å². The summed E-state index contributed by atoms with van der Waals surface area (Å²) >= 11 is 0. The third kappa shape index (κ3) is 2.98. The summed E-state index contributed by atoms with van der Waals surface area (Å²) in [4.78, 5) is 18.3. The van der Waals surface area contributed by atoms with Gasteiger partial charge in [0.05, 0.1) is 11.6 Å². The Hall–Kier alpha value is -3.02. The number of halogens is 1. The second-order valence-corrected chi connectivity index (χ2v) is 6.68. The molecule has 3 aromatic rings. The molecule has 26 heavy (non-hydrogen) atoms. The highest BCUT2D eigenvalue weighted by atomic mass is 19.1. The van der Waals surface area contributed by atoms with Crippen LogP contribution in [0.5, 0.6) is 0 Å². The zero-order valence-corrected chi connectivity index (χ0v) is 14.6. The van der Waals surface area contributed by atoms with E-state index in [0.717, 1.165) is 16.7 Å². The van der Waals surface area contributed by atoms with Crippen molar-refractivity contribution in [2.45, 2.75) is 26.2 Å². The van der Waals surface area contributed by atoms with Crippen molar-refractivity contribution in [1.82, 2.24) is 10.1 Å². The molecule has 6 heteroatoms. The van der Waals surface area contributed by atoms with Gasteiger partial charge < -0.3 is 9.42 Å². The largest absolute Gasteiger partial charge is 0.339 e. The highest BCUT2D eigenvalue weighted by Gasteiger charge is 2.36. The summed E-state index contributed by atoms with van der Waals surface area (Å²) in [6.45, 7) is 4.15. The number of nitrogens with zero attached hydrogens (tertiary/aromatic N) is 3. The van der Waals surface area contributed by atoms with Gasteiger partial charge in [0.15, 0.2) is 0 Å². The second-order valence-electron chi connectivity index (χ2n) is 6.68. The van der Waals surface area contributed by atoms with Crippen LogP contribution in [0.3, 0.4) is 0 Å². The fourth-order valence-corrected chi connectivity index (χ4v) is 3.16. The molecule has 0 aliphatic carbocycles. The van der Waals surface area contributed by atoms with E-state index in [0.29, 0.717) is 23.9 Å². The van der Waals surface area contributed by atoms with Gasteiger partial charge in [-0.25, -0.2) is 4.39 Å². The fourth-order valence-electron chi connectivity index (χ4n) is 3.16. The van der Waals surface area contributed by atoms with Crippen molar-refractivity contribution in [3.05, 3.63) is 65.3 Å². The van der Waals surface area contributed by atoms with Gasteiger partial charge in [0.2, 0.25) is 17.6 Å². The van der Waals surface area contributed by atoms with E-state index in [2.05, 4.69) is 10.1 Å². The maximum absolute atomic E-state index is 14.2. The maximum Gasteiger partial charge on any atom is 0.232 e. The molecule has 0 N–H and O–H groups in total. The van der Waals surface area contributed by atoms with Crippen LogP contribution >= 0.6 is 0 Å². The Labute approximate surface area is 150 Å². The van der Waals surface area contributed by atoms with Crippen molar-refractivity contribution in [3.8, 4) is 11.4 Å². The van der Waals surface area contributed by atoms with Crippen LogP contribution in [0.1, 0.15) is 29.4 Å². The number of hydrogen-bond donors (Lipinski definition) is 0. The van der Waals surface area contributed by atoms with Crippen LogP contribution in [-0.4, -0.2) is 22.6 Å². The molecule has 1 unspecified atom stereocenters. The first-order valence-electron chi connectivity index (χ1n) is 8.48. The molecule has 2 aromatic carbocycles. The lowest BCUT2D eigenvalue weighted by molar-refractivity contribution is -0.117. The molecule has 1 aliphatic rings. The highest BCUT2D eigenvalue weighted by molar-refractivity contribution is 5.96.